The second-order valence-electron chi connectivity index (χ2n) is 4.37. The van der Waals surface area contributed by atoms with Gasteiger partial charge in [-0.2, -0.15) is 0 Å². The number of halogens is 1. The van der Waals surface area contributed by atoms with E-state index < -0.39 is 0 Å². The fourth-order valence-electron chi connectivity index (χ4n) is 1.89. The summed E-state index contributed by atoms with van der Waals surface area (Å²) in [7, 11) is 2.04. The number of hydrogen-bond donors (Lipinski definition) is 1. The van der Waals surface area contributed by atoms with Crippen LogP contribution in [0.15, 0.2) is 48.5 Å². The van der Waals surface area contributed by atoms with Gasteiger partial charge >= 0.3 is 0 Å². The molecule has 0 spiro atoms. The number of nitrogen functional groups attached to an aromatic ring is 1. The van der Waals surface area contributed by atoms with Crippen LogP contribution in [0.1, 0.15) is 5.56 Å². The summed E-state index contributed by atoms with van der Waals surface area (Å²) in [5.74, 6) is 0. The van der Waals surface area contributed by atoms with E-state index in [1.807, 2.05) is 25.2 Å². The minimum atomic E-state index is 0.695. The Bertz CT molecular complexity index is 511. The van der Waals surface area contributed by atoms with Crippen LogP contribution in [0.2, 0.25) is 5.02 Å². The molecule has 18 heavy (non-hydrogen) atoms. The largest absolute Gasteiger partial charge is 0.399 e. The third-order valence-electron chi connectivity index (χ3n) is 2.96. The Hall–Kier alpha value is -1.67. The lowest BCUT2D eigenvalue weighted by molar-refractivity contribution is 0.877. The zero-order valence-electron chi connectivity index (χ0n) is 10.4. The molecule has 0 bridgehead atoms. The first-order chi connectivity index (χ1) is 8.66. The van der Waals surface area contributed by atoms with Crippen molar-refractivity contribution in [1.29, 1.82) is 0 Å². The molecule has 0 aromatic heterocycles. The van der Waals surface area contributed by atoms with Crippen molar-refractivity contribution in [1.82, 2.24) is 0 Å². The zero-order chi connectivity index (χ0) is 13.0. The van der Waals surface area contributed by atoms with Gasteiger partial charge in [-0.05, 0) is 30.2 Å². The summed E-state index contributed by atoms with van der Waals surface area (Å²) in [6, 6.07) is 16.1. The Balaban J connectivity index is 2.01. The second-order valence-corrected chi connectivity index (χ2v) is 4.78. The predicted molar refractivity (Wildman–Crippen MR) is 79.3 cm³/mol. The van der Waals surface area contributed by atoms with Gasteiger partial charge in [0.2, 0.25) is 0 Å². The molecule has 2 nitrogen and oxygen atoms in total. The molecule has 0 saturated carbocycles. The molecule has 0 saturated heterocycles. The molecule has 0 aliphatic heterocycles. The number of rotatable bonds is 4. The highest BCUT2D eigenvalue weighted by Gasteiger charge is 2.06. The van der Waals surface area contributed by atoms with Crippen LogP contribution in [-0.2, 0) is 6.42 Å². The Kier molecular flexibility index (Phi) is 4.11. The van der Waals surface area contributed by atoms with Crippen LogP contribution >= 0.6 is 11.6 Å². The molecule has 0 aliphatic carbocycles. The van der Waals surface area contributed by atoms with Crippen molar-refractivity contribution in [2.75, 3.05) is 24.2 Å². The van der Waals surface area contributed by atoms with E-state index in [4.69, 9.17) is 17.3 Å². The average molecular weight is 261 g/mol. The highest BCUT2D eigenvalue weighted by atomic mass is 35.5. The van der Waals surface area contributed by atoms with E-state index in [1.165, 1.54) is 5.56 Å². The first-order valence-corrected chi connectivity index (χ1v) is 6.34. The van der Waals surface area contributed by atoms with E-state index in [9.17, 15) is 0 Å². The summed E-state index contributed by atoms with van der Waals surface area (Å²) in [6.07, 6.45) is 0.998. The summed E-state index contributed by atoms with van der Waals surface area (Å²) in [5.41, 5.74) is 8.73. The fourth-order valence-corrected chi connectivity index (χ4v) is 2.23. The molecule has 2 aromatic rings. The molecule has 2 rings (SSSR count). The van der Waals surface area contributed by atoms with Gasteiger partial charge in [-0.25, -0.2) is 0 Å². The topological polar surface area (TPSA) is 29.3 Å². The molecule has 2 aromatic carbocycles. The van der Waals surface area contributed by atoms with Crippen molar-refractivity contribution in [3.8, 4) is 0 Å². The zero-order valence-corrected chi connectivity index (χ0v) is 11.2. The maximum Gasteiger partial charge on any atom is 0.0659 e. The van der Waals surface area contributed by atoms with Crippen LogP contribution in [0.4, 0.5) is 11.4 Å². The monoisotopic (exact) mass is 260 g/mol. The summed E-state index contributed by atoms with van der Waals surface area (Å²) in [5, 5.41) is 0.700. The Morgan fingerprint density at radius 3 is 2.50 bits per heavy atom. The standard InChI is InChI=1S/C15H17ClN2/c1-18(10-9-12-5-3-2-4-6-12)15-8-7-13(17)11-14(15)16/h2-8,11H,9-10,17H2,1H3. The third kappa shape index (κ3) is 3.17. The molecule has 94 valence electrons. The normalized spacial score (nSPS) is 10.3. The molecule has 0 heterocycles. The molecule has 2 N–H and O–H groups in total. The maximum absolute atomic E-state index is 6.18. The minimum Gasteiger partial charge on any atom is -0.399 e. The summed E-state index contributed by atoms with van der Waals surface area (Å²) in [6.45, 7) is 0.924. The van der Waals surface area contributed by atoms with E-state index in [2.05, 4.69) is 29.2 Å². The summed E-state index contributed by atoms with van der Waals surface area (Å²) < 4.78 is 0. The molecule has 0 fully saturated rings. The van der Waals surface area contributed by atoms with Crippen molar-refractivity contribution < 1.29 is 0 Å². The summed E-state index contributed by atoms with van der Waals surface area (Å²) >= 11 is 6.18. The number of nitrogens with zero attached hydrogens (tertiary/aromatic N) is 1. The van der Waals surface area contributed by atoms with Gasteiger partial charge in [0.1, 0.15) is 0 Å². The molecule has 0 unspecified atom stereocenters. The molecule has 3 heteroatoms. The van der Waals surface area contributed by atoms with Gasteiger partial charge < -0.3 is 10.6 Å². The van der Waals surface area contributed by atoms with E-state index in [0.717, 1.165) is 18.7 Å². The van der Waals surface area contributed by atoms with Crippen molar-refractivity contribution in [3.05, 3.63) is 59.1 Å². The Morgan fingerprint density at radius 1 is 1.11 bits per heavy atom. The number of likely N-dealkylation sites (N-methyl/N-ethyl adjacent to an activating group) is 1. The highest BCUT2D eigenvalue weighted by molar-refractivity contribution is 6.33. The predicted octanol–water partition coefficient (Wildman–Crippen LogP) is 3.60. The Labute approximate surface area is 113 Å². The smallest absolute Gasteiger partial charge is 0.0659 e. The van der Waals surface area contributed by atoms with E-state index in [0.29, 0.717) is 10.7 Å². The highest BCUT2D eigenvalue weighted by Crippen LogP contribution is 2.27. The Morgan fingerprint density at radius 2 is 1.83 bits per heavy atom. The number of anilines is 2. The maximum atomic E-state index is 6.18. The molecular weight excluding hydrogens is 244 g/mol. The lowest BCUT2D eigenvalue weighted by Gasteiger charge is -2.20. The third-order valence-corrected chi connectivity index (χ3v) is 3.26. The van der Waals surface area contributed by atoms with Gasteiger partial charge in [0, 0.05) is 19.3 Å². The van der Waals surface area contributed by atoms with Crippen molar-refractivity contribution in [2.24, 2.45) is 0 Å². The van der Waals surface area contributed by atoms with Crippen molar-refractivity contribution >= 4 is 23.0 Å². The molecule has 0 radical (unpaired) electrons. The van der Waals surface area contributed by atoms with Crippen LogP contribution in [0.25, 0.3) is 0 Å². The van der Waals surface area contributed by atoms with Crippen LogP contribution < -0.4 is 10.6 Å². The lowest BCUT2D eigenvalue weighted by atomic mass is 10.1. The van der Waals surface area contributed by atoms with Gasteiger partial charge in [0.05, 0.1) is 10.7 Å². The SMILES string of the molecule is CN(CCc1ccccc1)c1ccc(N)cc1Cl. The van der Waals surface area contributed by atoms with Crippen LogP contribution in [0, 0.1) is 0 Å². The van der Waals surface area contributed by atoms with E-state index in [1.54, 1.807) is 6.07 Å². The van der Waals surface area contributed by atoms with Gasteiger partial charge in [-0.15, -0.1) is 0 Å². The van der Waals surface area contributed by atoms with Crippen LogP contribution in [0.5, 0.6) is 0 Å². The van der Waals surface area contributed by atoms with Gasteiger partial charge in [-0.3, -0.25) is 0 Å². The molecule has 0 aliphatic rings. The first kappa shape index (κ1) is 12.8. The minimum absolute atomic E-state index is 0.695. The quantitative estimate of drug-likeness (QED) is 0.851. The van der Waals surface area contributed by atoms with Crippen LogP contribution in [0.3, 0.4) is 0 Å². The average Bonchev–Trinajstić information content (AvgIpc) is 2.37. The second kappa shape index (κ2) is 5.78. The summed E-state index contributed by atoms with van der Waals surface area (Å²) in [4.78, 5) is 2.15. The van der Waals surface area contributed by atoms with Crippen molar-refractivity contribution in [3.63, 3.8) is 0 Å². The molecule has 0 atom stereocenters. The number of benzene rings is 2. The number of hydrogen-bond acceptors (Lipinski definition) is 2. The first-order valence-electron chi connectivity index (χ1n) is 5.97. The van der Waals surface area contributed by atoms with Crippen molar-refractivity contribution in [2.45, 2.75) is 6.42 Å². The lowest BCUT2D eigenvalue weighted by Crippen LogP contribution is -2.20. The van der Waals surface area contributed by atoms with E-state index >= 15 is 0 Å². The van der Waals surface area contributed by atoms with Gasteiger partial charge in [-0.1, -0.05) is 41.9 Å². The van der Waals surface area contributed by atoms with Gasteiger partial charge in [0.15, 0.2) is 0 Å². The molecular formula is C15H17ClN2. The van der Waals surface area contributed by atoms with Gasteiger partial charge in [0.25, 0.3) is 0 Å². The van der Waals surface area contributed by atoms with Crippen LogP contribution in [-0.4, -0.2) is 13.6 Å². The number of nitrogens with two attached hydrogens (primary N) is 1. The van der Waals surface area contributed by atoms with E-state index in [-0.39, 0.29) is 0 Å². The fraction of sp³-hybridized carbons (Fsp3) is 0.200. The molecule has 0 amide bonds.